The van der Waals surface area contributed by atoms with Crippen LogP contribution in [-0.4, -0.2) is 16.8 Å². The molecule has 1 aromatic carbocycles. The van der Waals surface area contributed by atoms with Gasteiger partial charge in [-0.05, 0) is 37.1 Å². The molecule has 0 bridgehead atoms. The number of amides is 1. The quantitative estimate of drug-likeness (QED) is 0.717. The number of hydrogen-bond acceptors (Lipinski definition) is 1. The van der Waals surface area contributed by atoms with E-state index in [0.29, 0.717) is 18.0 Å². The lowest BCUT2D eigenvalue weighted by Crippen LogP contribution is -2.40. The number of carbonyl (C=O) groups excluding carboxylic acids is 1. The molecule has 0 unspecified atom stereocenters. The van der Waals surface area contributed by atoms with Crippen LogP contribution in [0.4, 0.5) is 0 Å². The molecule has 0 spiro atoms. The van der Waals surface area contributed by atoms with E-state index < -0.39 is 0 Å². The molecule has 1 heterocycles. The number of benzene rings is 1. The molecule has 1 amide bonds. The zero-order chi connectivity index (χ0) is 11.0. The van der Waals surface area contributed by atoms with Crippen molar-refractivity contribution in [3.8, 4) is 0 Å². The maximum Gasteiger partial charge on any atom is 0.227 e. The lowest BCUT2D eigenvalue weighted by atomic mass is 9.98. The van der Waals surface area contributed by atoms with E-state index >= 15 is 0 Å². The number of rotatable bonds is 1. The van der Waals surface area contributed by atoms with Crippen LogP contribution in [0.2, 0.25) is 5.02 Å². The molecule has 1 aliphatic heterocycles. The van der Waals surface area contributed by atoms with Crippen LogP contribution in [0.5, 0.6) is 0 Å². The fourth-order valence-corrected chi connectivity index (χ4v) is 2.11. The minimum Gasteiger partial charge on any atom is -0.336 e. The molecule has 0 aliphatic carbocycles. The fourth-order valence-electron chi connectivity index (χ4n) is 1.92. The van der Waals surface area contributed by atoms with Crippen LogP contribution in [0.1, 0.15) is 25.0 Å². The van der Waals surface area contributed by atoms with E-state index in [2.05, 4.69) is 0 Å². The average Bonchev–Trinajstić information content (AvgIpc) is 2.15. The van der Waals surface area contributed by atoms with E-state index in [1.807, 2.05) is 36.9 Å². The number of carbonyl (C=O) groups is 1. The molecule has 2 rings (SSSR count). The molecule has 0 N–H and O–H groups in total. The maximum atomic E-state index is 11.8. The second-order valence-electron chi connectivity index (χ2n) is 4.21. The fraction of sp³-hybridized carbons (Fsp3) is 0.417. The number of halogens is 1. The molecule has 1 aliphatic rings. The van der Waals surface area contributed by atoms with Gasteiger partial charge < -0.3 is 4.90 Å². The maximum absolute atomic E-state index is 11.8. The first-order chi connectivity index (χ1) is 7.08. The van der Waals surface area contributed by atoms with E-state index in [-0.39, 0.29) is 11.9 Å². The third kappa shape index (κ3) is 2.00. The van der Waals surface area contributed by atoms with Gasteiger partial charge in [0.1, 0.15) is 0 Å². The summed E-state index contributed by atoms with van der Waals surface area (Å²) < 4.78 is 0. The van der Waals surface area contributed by atoms with Crippen molar-refractivity contribution >= 4 is 17.5 Å². The molecular weight excluding hydrogens is 210 g/mol. The summed E-state index contributed by atoms with van der Waals surface area (Å²) in [6, 6.07) is 6.06. The lowest BCUT2D eigenvalue weighted by Gasteiger charge is -2.32. The first-order valence-electron chi connectivity index (χ1n) is 5.14. The predicted octanol–water partition coefficient (Wildman–Crippen LogP) is 2.63. The van der Waals surface area contributed by atoms with E-state index in [0.717, 1.165) is 5.56 Å². The molecule has 1 aromatic rings. The summed E-state index contributed by atoms with van der Waals surface area (Å²) in [4.78, 5) is 13.7. The Bertz CT molecular complexity index is 401. The second-order valence-corrected chi connectivity index (χ2v) is 4.64. The predicted molar refractivity (Wildman–Crippen MR) is 60.8 cm³/mol. The summed E-state index contributed by atoms with van der Waals surface area (Å²) in [7, 11) is 0. The molecule has 0 fully saturated rings. The monoisotopic (exact) mass is 223 g/mol. The molecule has 15 heavy (non-hydrogen) atoms. The highest BCUT2D eigenvalue weighted by molar-refractivity contribution is 6.30. The van der Waals surface area contributed by atoms with Gasteiger partial charge in [-0.2, -0.15) is 0 Å². The van der Waals surface area contributed by atoms with E-state index in [9.17, 15) is 4.79 Å². The highest BCUT2D eigenvalue weighted by Gasteiger charge is 2.24. The third-order valence-corrected chi connectivity index (χ3v) is 3.03. The topological polar surface area (TPSA) is 20.3 Å². The molecule has 80 valence electrons. The van der Waals surface area contributed by atoms with Crippen molar-refractivity contribution in [1.29, 1.82) is 0 Å². The van der Waals surface area contributed by atoms with Gasteiger partial charge in [-0.3, -0.25) is 4.79 Å². The van der Waals surface area contributed by atoms with Crippen molar-refractivity contribution in [1.82, 2.24) is 4.90 Å². The summed E-state index contributed by atoms with van der Waals surface area (Å²) in [5, 5.41) is 0.708. The number of fused-ring (bicyclic) bond motifs is 1. The van der Waals surface area contributed by atoms with Crippen LogP contribution in [-0.2, 0) is 17.8 Å². The largest absolute Gasteiger partial charge is 0.336 e. The number of hydrogen-bond donors (Lipinski definition) is 0. The van der Waals surface area contributed by atoms with Crippen LogP contribution >= 0.6 is 11.6 Å². The van der Waals surface area contributed by atoms with E-state index in [1.165, 1.54) is 5.56 Å². The smallest absolute Gasteiger partial charge is 0.227 e. The second kappa shape index (κ2) is 3.86. The van der Waals surface area contributed by atoms with Gasteiger partial charge in [0.15, 0.2) is 0 Å². The Morgan fingerprint density at radius 1 is 1.33 bits per heavy atom. The zero-order valence-electron chi connectivity index (χ0n) is 8.96. The van der Waals surface area contributed by atoms with Crippen molar-refractivity contribution in [2.24, 2.45) is 0 Å². The Morgan fingerprint density at radius 2 is 2.07 bits per heavy atom. The molecule has 3 heteroatoms. The first-order valence-corrected chi connectivity index (χ1v) is 5.52. The molecule has 0 saturated carbocycles. The van der Waals surface area contributed by atoms with Gasteiger partial charge in [-0.15, -0.1) is 0 Å². The Morgan fingerprint density at radius 3 is 2.73 bits per heavy atom. The van der Waals surface area contributed by atoms with Gasteiger partial charge >= 0.3 is 0 Å². The normalized spacial score (nSPS) is 15.7. The molecule has 2 nitrogen and oxygen atoms in total. The lowest BCUT2D eigenvalue weighted by molar-refractivity contribution is -0.133. The Balaban J connectivity index is 2.34. The van der Waals surface area contributed by atoms with Gasteiger partial charge in [-0.25, -0.2) is 0 Å². The Labute approximate surface area is 94.8 Å². The summed E-state index contributed by atoms with van der Waals surface area (Å²) >= 11 is 5.90. The highest BCUT2D eigenvalue weighted by Crippen LogP contribution is 2.24. The van der Waals surface area contributed by atoms with Crippen molar-refractivity contribution in [2.75, 3.05) is 0 Å². The average molecular weight is 224 g/mol. The SMILES string of the molecule is CC(C)N1Cc2ccc(Cl)cc2CC1=O. The van der Waals surface area contributed by atoms with E-state index in [1.54, 1.807) is 0 Å². The molecular formula is C12H14ClNO. The van der Waals surface area contributed by atoms with Crippen LogP contribution < -0.4 is 0 Å². The summed E-state index contributed by atoms with van der Waals surface area (Å²) in [5.41, 5.74) is 2.29. The number of nitrogens with zero attached hydrogens (tertiary/aromatic N) is 1. The van der Waals surface area contributed by atoms with Gasteiger partial charge in [-0.1, -0.05) is 17.7 Å². The van der Waals surface area contributed by atoms with Crippen molar-refractivity contribution in [3.63, 3.8) is 0 Å². The Hall–Kier alpha value is -1.02. The summed E-state index contributed by atoms with van der Waals surface area (Å²) in [6.45, 7) is 4.79. The van der Waals surface area contributed by atoms with Crippen LogP contribution in [0.3, 0.4) is 0 Å². The van der Waals surface area contributed by atoms with Gasteiger partial charge in [0, 0.05) is 17.6 Å². The van der Waals surface area contributed by atoms with Gasteiger partial charge in [0.25, 0.3) is 0 Å². The zero-order valence-corrected chi connectivity index (χ0v) is 9.71. The standard InChI is InChI=1S/C12H14ClNO/c1-8(2)14-7-9-3-4-11(13)5-10(9)6-12(14)15/h3-5,8H,6-7H2,1-2H3. The van der Waals surface area contributed by atoms with Crippen LogP contribution in [0.15, 0.2) is 18.2 Å². The summed E-state index contributed by atoms with van der Waals surface area (Å²) in [5.74, 6) is 0.194. The van der Waals surface area contributed by atoms with E-state index in [4.69, 9.17) is 11.6 Å². The minimum atomic E-state index is 0.194. The van der Waals surface area contributed by atoms with Crippen molar-refractivity contribution in [2.45, 2.75) is 32.9 Å². The first kappa shape index (κ1) is 10.5. The molecule has 0 saturated heterocycles. The molecule has 0 atom stereocenters. The third-order valence-electron chi connectivity index (χ3n) is 2.79. The highest BCUT2D eigenvalue weighted by atomic mass is 35.5. The Kier molecular flexibility index (Phi) is 2.70. The van der Waals surface area contributed by atoms with Crippen molar-refractivity contribution < 1.29 is 4.79 Å². The molecule has 0 radical (unpaired) electrons. The van der Waals surface area contributed by atoms with Crippen LogP contribution in [0, 0.1) is 0 Å². The van der Waals surface area contributed by atoms with Gasteiger partial charge in [0.05, 0.1) is 6.42 Å². The molecule has 0 aromatic heterocycles. The van der Waals surface area contributed by atoms with Crippen LogP contribution in [0.25, 0.3) is 0 Å². The minimum absolute atomic E-state index is 0.194. The summed E-state index contributed by atoms with van der Waals surface area (Å²) in [6.07, 6.45) is 0.480. The van der Waals surface area contributed by atoms with Crippen molar-refractivity contribution in [3.05, 3.63) is 34.3 Å². The van der Waals surface area contributed by atoms with Gasteiger partial charge in [0.2, 0.25) is 5.91 Å².